The predicted octanol–water partition coefficient (Wildman–Crippen LogP) is 4.25. The molecule has 1 aromatic carbocycles. The Bertz CT molecular complexity index is 913. The summed E-state index contributed by atoms with van der Waals surface area (Å²) >= 11 is 1.41. The topological polar surface area (TPSA) is 87.7 Å². The Kier molecular flexibility index (Phi) is 5.46. The van der Waals surface area contributed by atoms with Crippen LogP contribution >= 0.6 is 11.8 Å². The van der Waals surface area contributed by atoms with Crippen LogP contribution in [0.3, 0.4) is 0 Å². The third kappa shape index (κ3) is 4.36. The van der Waals surface area contributed by atoms with E-state index >= 15 is 0 Å². The number of carbonyl (C=O) groups is 2. The number of nitrogens with zero attached hydrogens (tertiary/aromatic N) is 4. The summed E-state index contributed by atoms with van der Waals surface area (Å²) in [5, 5.41) is 3.29. The lowest BCUT2D eigenvalue weighted by Gasteiger charge is -2.34. The molecule has 0 aliphatic carbocycles. The second kappa shape index (κ2) is 7.67. The van der Waals surface area contributed by atoms with Crippen molar-refractivity contribution >= 4 is 41.1 Å². The molecule has 0 spiro atoms. The molecule has 8 nitrogen and oxygen atoms in total. The first-order valence-corrected chi connectivity index (χ1v) is 9.95. The van der Waals surface area contributed by atoms with Crippen LogP contribution in [0.15, 0.2) is 35.6 Å². The summed E-state index contributed by atoms with van der Waals surface area (Å²) < 4.78 is 5.29. The molecule has 1 aromatic heterocycles. The maximum atomic E-state index is 12.9. The van der Waals surface area contributed by atoms with Crippen LogP contribution in [-0.4, -0.2) is 45.9 Å². The zero-order valence-corrected chi connectivity index (χ0v) is 17.3. The van der Waals surface area contributed by atoms with Crippen molar-refractivity contribution in [3.63, 3.8) is 0 Å². The van der Waals surface area contributed by atoms with E-state index in [1.165, 1.54) is 16.7 Å². The highest BCUT2D eigenvalue weighted by molar-refractivity contribution is 7.98. The second-order valence-corrected chi connectivity index (χ2v) is 8.13. The lowest BCUT2D eigenvalue weighted by molar-refractivity contribution is 0.0636. The minimum Gasteiger partial charge on any atom is -0.444 e. The van der Waals surface area contributed by atoms with Crippen molar-refractivity contribution in [3.8, 4) is 0 Å². The third-order valence-corrected chi connectivity index (χ3v) is 4.45. The van der Waals surface area contributed by atoms with E-state index < -0.39 is 11.7 Å². The molecule has 3 amide bonds. The van der Waals surface area contributed by atoms with Gasteiger partial charge in [-0.05, 0) is 45.2 Å². The molecule has 0 unspecified atom stereocenters. The summed E-state index contributed by atoms with van der Waals surface area (Å²) in [7, 11) is 1.73. The van der Waals surface area contributed by atoms with Gasteiger partial charge in [-0.1, -0.05) is 17.8 Å². The standard InChI is InChI=1S/C19H23N5O3S/c1-19(2,3)27-17(25)21-13-7-6-8-14(9-13)24-15-12(11-23(4)18(24)26)10-20-16(22-15)28-5/h6-10H,11H2,1-5H3,(H,21,25). The van der Waals surface area contributed by atoms with Crippen molar-refractivity contribution in [2.75, 3.05) is 23.5 Å². The Morgan fingerprint density at radius 3 is 2.75 bits per heavy atom. The summed E-state index contributed by atoms with van der Waals surface area (Å²) in [6, 6.07) is 6.81. The largest absolute Gasteiger partial charge is 0.444 e. The summed E-state index contributed by atoms with van der Waals surface area (Å²) in [4.78, 5) is 36.9. The van der Waals surface area contributed by atoms with E-state index in [1.54, 1.807) is 63.2 Å². The van der Waals surface area contributed by atoms with Gasteiger partial charge in [-0.3, -0.25) is 5.32 Å². The van der Waals surface area contributed by atoms with Crippen LogP contribution in [0.2, 0.25) is 0 Å². The van der Waals surface area contributed by atoms with Crippen LogP contribution in [0.1, 0.15) is 26.3 Å². The summed E-state index contributed by atoms with van der Waals surface area (Å²) in [6.45, 7) is 5.83. The van der Waals surface area contributed by atoms with E-state index in [2.05, 4.69) is 15.3 Å². The molecule has 1 N–H and O–H groups in total. The van der Waals surface area contributed by atoms with Gasteiger partial charge in [0.15, 0.2) is 11.0 Å². The number of nitrogens with one attached hydrogen (secondary N) is 1. The normalized spacial score (nSPS) is 14.0. The van der Waals surface area contributed by atoms with Gasteiger partial charge < -0.3 is 9.64 Å². The SMILES string of the molecule is CSc1ncc2c(n1)N(c1cccc(NC(=O)OC(C)(C)C)c1)C(=O)N(C)C2. The van der Waals surface area contributed by atoms with Gasteiger partial charge in [-0.15, -0.1) is 0 Å². The molecule has 0 fully saturated rings. The molecule has 0 atom stereocenters. The average Bonchev–Trinajstić information content (AvgIpc) is 2.61. The third-order valence-electron chi connectivity index (χ3n) is 3.89. The van der Waals surface area contributed by atoms with Crippen molar-refractivity contribution in [2.24, 2.45) is 0 Å². The number of anilines is 3. The van der Waals surface area contributed by atoms with Crippen LogP contribution in [0.4, 0.5) is 26.8 Å². The zero-order valence-electron chi connectivity index (χ0n) is 16.5. The summed E-state index contributed by atoms with van der Waals surface area (Å²) in [5.74, 6) is 0.553. The van der Waals surface area contributed by atoms with E-state index in [0.717, 1.165) is 5.56 Å². The number of carbonyl (C=O) groups excluding carboxylic acids is 2. The number of urea groups is 1. The second-order valence-electron chi connectivity index (χ2n) is 7.36. The van der Waals surface area contributed by atoms with Gasteiger partial charge in [0.2, 0.25) is 0 Å². The fourth-order valence-corrected chi connectivity index (χ4v) is 3.08. The van der Waals surface area contributed by atoms with Crippen molar-refractivity contribution in [1.82, 2.24) is 14.9 Å². The molecular weight excluding hydrogens is 378 g/mol. The smallest absolute Gasteiger partial charge is 0.412 e. The van der Waals surface area contributed by atoms with E-state index in [9.17, 15) is 9.59 Å². The van der Waals surface area contributed by atoms with Gasteiger partial charge in [0.25, 0.3) is 0 Å². The van der Waals surface area contributed by atoms with Gasteiger partial charge >= 0.3 is 12.1 Å². The number of hydrogen-bond donors (Lipinski definition) is 1. The Morgan fingerprint density at radius 2 is 2.07 bits per heavy atom. The highest BCUT2D eigenvalue weighted by Gasteiger charge is 2.31. The molecule has 1 aliphatic rings. The van der Waals surface area contributed by atoms with Crippen LogP contribution in [0.5, 0.6) is 0 Å². The monoisotopic (exact) mass is 401 g/mol. The number of rotatable bonds is 3. The maximum absolute atomic E-state index is 12.9. The van der Waals surface area contributed by atoms with Crippen LogP contribution in [0, 0.1) is 0 Å². The lowest BCUT2D eigenvalue weighted by Crippen LogP contribution is -2.43. The van der Waals surface area contributed by atoms with E-state index in [-0.39, 0.29) is 6.03 Å². The number of ether oxygens (including phenoxy) is 1. The van der Waals surface area contributed by atoms with Gasteiger partial charge in [0.1, 0.15) is 5.60 Å². The number of aromatic nitrogens is 2. The van der Waals surface area contributed by atoms with E-state index in [1.807, 2.05) is 6.26 Å². The molecule has 2 heterocycles. The van der Waals surface area contributed by atoms with Crippen LogP contribution < -0.4 is 10.2 Å². The van der Waals surface area contributed by atoms with Crippen molar-refractivity contribution in [2.45, 2.75) is 38.1 Å². The maximum Gasteiger partial charge on any atom is 0.412 e. The average molecular weight is 401 g/mol. The molecule has 2 aromatic rings. The highest BCUT2D eigenvalue weighted by Crippen LogP contribution is 2.34. The zero-order chi connectivity index (χ0) is 20.5. The minimum atomic E-state index is -0.600. The number of thioether (sulfide) groups is 1. The molecular formula is C19H23N5O3S. The van der Waals surface area contributed by atoms with Gasteiger partial charge in [0, 0.05) is 24.5 Å². The molecule has 28 heavy (non-hydrogen) atoms. The first-order valence-electron chi connectivity index (χ1n) is 8.73. The first kappa shape index (κ1) is 19.9. The van der Waals surface area contributed by atoms with Crippen LogP contribution in [-0.2, 0) is 11.3 Å². The van der Waals surface area contributed by atoms with E-state index in [4.69, 9.17) is 4.74 Å². The van der Waals surface area contributed by atoms with Crippen molar-refractivity contribution in [1.29, 1.82) is 0 Å². The quantitative estimate of drug-likeness (QED) is 0.611. The Balaban J connectivity index is 1.95. The van der Waals surface area contributed by atoms with Crippen molar-refractivity contribution < 1.29 is 14.3 Å². The molecule has 0 radical (unpaired) electrons. The number of benzene rings is 1. The minimum absolute atomic E-state index is 0.201. The molecule has 0 bridgehead atoms. The summed E-state index contributed by atoms with van der Waals surface area (Å²) in [5.41, 5.74) is 1.37. The fraction of sp³-hybridized carbons (Fsp3) is 0.368. The molecule has 0 saturated carbocycles. The lowest BCUT2D eigenvalue weighted by atomic mass is 10.2. The number of fused-ring (bicyclic) bond motifs is 1. The van der Waals surface area contributed by atoms with E-state index in [0.29, 0.717) is 28.9 Å². The van der Waals surface area contributed by atoms with Gasteiger partial charge in [-0.2, -0.15) is 0 Å². The Hall–Kier alpha value is -2.81. The van der Waals surface area contributed by atoms with Gasteiger partial charge in [0.05, 0.1) is 12.2 Å². The fourth-order valence-electron chi connectivity index (χ4n) is 2.75. The molecule has 0 saturated heterocycles. The van der Waals surface area contributed by atoms with Crippen molar-refractivity contribution in [3.05, 3.63) is 36.0 Å². The first-order chi connectivity index (χ1) is 13.2. The Morgan fingerprint density at radius 1 is 1.32 bits per heavy atom. The molecule has 9 heteroatoms. The Labute approximate surface area is 168 Å². The number of amides is 3. The van der Waals surface area contributed by atoms with Crippen LogP contribution in [0.25, 0.3) is 0 Å². The summed E-state index contributed by atoms with van der Waals surface area (Å²) in [6.07, 6.45) is 3.07. The number of hydrogen-bond acceptors (Lipinski definition) is 6. The predicted molar refractivity (Wildman–Crippen MR) is 109 cm³/mol. The molecule has 3 rings (SSSR count). The van der Waals surface area contributed by atoms with Gasteiger partial charge in [-0.25, -0.2) is 24.5 Å². The highest BCUT2D eigenvalue weighted by atomic mass is 32.2. The molecule has 148 valence electrons. The molecule has 1 aliphatic heterocycles.